The molecule has 1 unspecified atom stereocenters. The summed E-state index contributed by atoms with van der Waals surface area (Å²) in [5.41, 5.74) is 0.766. The fourth-order valence-electron chi connectivity index (χ4n) is 1.98. The molecule has 0 bridgehead atoms. The largest absolute Gasteiger partial charge is 0.382 e. The van der Waals surface area contributed by atoms with E-state index in [9.17, 15) is 4.39 Å². The van der Waals surface area contributed by atoms with Crippen LogP contribution in [0.3, 0.4) is 0 Å². The topological polar surface area (TPSA) is 21.3 Å². The Morgan fingerprint density at radius 1 is 1.28 bits per heavy atom. The van der Waals surface area contributed by atoms with Crippen LogP contribution in [0.2, 0.25) is 0 Å². The Kier molecular flexibility index (Phi) is 7.62. The molecule has 1 N–H and O–H groups in total. The van der Waals surface area contributed by atoms with Crippen LogP contribution in [0.1, 0.15) is 44.7 Å². The Hall–Kier alpha value is -0.930. The highest BCUT2D eigenvalue weighted by Gasteiger charge is 2.13. The zero-order chi connectivity index (χ0) is 13.2. The predicted molar refractivity (Wildman–Crippen MR) is 73.2 cm³/mol. The first-order valence-corrected chi connectivity index (χ1v) is 6.85. The summed E-state index contributed by atoms with van der Waals surface area (Å²) < 4.78 is 19.1. The second-order valence-corrected chi connectivity index (χ2v) is 4.37. The van der Waals surface area contributed by atoms with Gasteiger partial charge in [0, 0.05) is 24.8 Å². The second-order valence-electron chi connectivity index (χ2n) is 4.37. The normalized spacial score (nSPS) is 12.6. The smallest absolute Gasteiger partial charge is 0.127 e. The molecular weight excluding hydrogens is 229 g/mol. The van der Waals surface area contributed by atoms with Gasteiger partial charge < -0.3 is 10.1 Å². The molecule has 0 spiro atoms. The Morgan fingerprint density at radius 2 is 2.06 bits per heavy atom. The monoisotopic (exact) mass is 253 g/mol. The van der Waals surface area contributed by atoms with Crippen molar-refractivity contribution < 1.29 is 9.13 Å². The average molecular weight is 253 g/mol. The summed E-state index contributed by atoms with van der Waals surface area (Å²) in [4.78, 5) is 0. The van der Waals surface area contributed by atoms with Gasteiger partial charge in [-0.3, -0.25) is 0 Å². The molecule has 1 atom stereocenters. The van der Waals surface area contributed by atoms with Gasteiger partial charge in [-0.25, -0.2) is 4.39 Å². The molecule has 0 aliphatic carbocycles. The molecule has 0 aliphatic heterocycles. The molecule has 1 rings (SSSR count). The van der Waals surface area contributed by atoms with Gasteiger partial charge in [0.15, 0.2) is 0 Å². The van der Waals surface area contributed by atoms with Crippen molar-refractivity contribution in [1.82, 2.24) is 5.32 Å². The van der Waals surface area contributed by atoms with Crippen LogP contribution in [0, 0.1) is 5.82 Å². The third kappa shape index (κ3) is 5.15. The molecule has 0 aromatic heterocycles. The van der Waals surface area contributed by atoms with Gasteiger partial charge in [0.1, 0.15) is 5.82 Å². The molecule has 0 radical (unpaired) electrons. The third-order valence-electron chi connectivity index (χ3n) is 2.91. The third-order valence-corrected chi connectivity index (χ3v) is 2.91. The quantitative estimate of drug-likeness (QED) is 0.678. The van der Waals surface area contributed by atoms with Crippen LogP contribution in [0.4, 0.5) is 4.39 Å². The van der Waals surface area contributed by atoms with Crippen molar-refractivity contribution in [3.8, 4) is 0 Å². The van der Waals surface area contributed by atoms with Gasteiger partial charge in [-0.05, 0) is 38.8 Å². The molecule has 0 saturated carbocycles. The maximum atomic E-state index is 13.8. The summed E-state index contributed by atoms with van der Waals surface area (Å²) in [6.07, 6.45) is 2.90. The zero-order valence-electron chi connectivity index (χ0n) is 11.4. The number of halogens is 1. The molecule has 0 saturated heterocycles. The van der Waals surface area contributed by atoms with E-state index in [1.54, 1.807) is 6.07 Å². The molecule has 0 fully saturated rings. The lowest BCUT2D eigenvalue weighted by molar-refractivity contribution is 0.140. The van der Waals surface area contributed by atoms with Crippen LogP contribution in [0.5, 0.6) is 0 Å². The minimum Gasteiger partial charge on any atom is -0.382 e. The van der Waals surface area contributed by atoms with E-state index < -0.39 is 0 Å². The maximum absolute atomic E-state index is 13.8. The summed E-state index contributed by atoms with van der Waals surface area (Å²) in [6, 6.07) is 7.10. The molecule has 0 amide bonds. The lowest BCUT2D eigenvalue weighted by Crippen LogP contribution is -2.23. The van der Waals surface area contributed by atoms with Gasteiger partial charge in [-0.1, -0.05) is 25.1 Å². The molecular formula is C15H24FNO. The number of benzene rings is 1. The van der Waals surface area contributed by atoms with Crippen molar-refractivity contribution >= 4 is 0 Å². The van der Waals surface area contributed by atoms with Gasteiger partial charge in [-0.15, -0.1) is 0 Å². The molecule has 102 valence electrons. The molecule has 1 aromatic rings. The summed E-state index contributed by atoms with van der Waals surface area (Å²) in [5.74, 6) is -0.123. The molecule has 18 heavy (non-hydrogen) atoms. The Balaban J connectivity index is 2.57. The fourth-order valence-corrected chi connectivity index (χ4v) is 1.98. The van der Waals surface area contributed by atoms with Crippen molar-refractivity contribution in [2.45, 2.75) is 39.2 Å². The number of hydrogen-bond donors (Lipinski definition) is 1. The van der Waals surface area contributed by atoms with Gasteiger partial charge in [0.2, 0.25) is 0 Å². The number of ether oxygens (including phenoxy) is 1. The van der Waals surface area contributed by atoms with E-state index in [1.165, 1.54) is 6.07 Å². The van der Waals surface area contributed by atoms with E-state index in [2.05, 4.69) is 12.2 Å². The molecule has 1 aromatic carbocycles. The van der Waals surface area contributed by atoms with E-state index in [0.29, 0.717) is 0 Å². The SMILES string of the molecule is CCCNC(CCCOCC)c1ccccc1F. The van der Waals surface area contributed by atoms with Crippen molar-refractivity contribution in [2.75, 3.05) is 19.8 Å². The lowest BCUT2D eigenvalue weighted by Gasteiger charge is -2.19. The minimum atomic E-state index is -0.123. The molecule has 2 nitrogen and oxygen atoms in total. The fraction of sp³-hybridized carbons (Fsp3) is 0.600. The van der Waals surface area contributed by atoms with Crippen LogP contribution in [0.25, 0.3) is 0 Å². The van der Waals surface area contributed by atoms with Gasteiger partial charge in [0.25, 0.3) is 0 Å². The van der Waals surface area contributed by atoms with Crippen LogP contribution < -0.4 is 5.32 Å². The van der Waals surface area contributed by atoms with E-state index in [0.717, 1.165) is 44.6 Å². The summed E-state index contributed by atoms with van der Waals surface area (Å²) >= 11 is 0. The minimum absolute atomic E-state index is 0.0895. The van der Waals surface area contributed by atoms with Crippen molar-refractivity contribution in [2.24, 2.45) is 0 Å². The predicted octanol–water partition coefficient (Wildman–Crippen LogP) is 3.68. The lowest BCUT2D eigenvalue weighted by atomic mass is 10.0. The molecule has 3 heteroatoms. The molecule has 0 aliphatic rings. The van der Waals surface area contributed by atoms with E-state index >= 15 is 0 Å². The average Bonchev–Trinajstić information content (AvgIpc) is 2.39. The van der Waals surface area contributed by atoms with E-state index in [4.69, 9.17) is 4.74 Å². The van der Waals surface area contributed by atoms with Crippen LogP contribution >= 0.6 is 0 Å². The Bertz CT molecular complexity index is 330. The highest BCUT2D eigenvalue weighted by atomic mass is 19.1. The summed E-state index contributed by atoms with van der Waals surface area (Å²) in [6.45, 7) is 6.50. The van der Waals surface area contributed by atoms with E-state index in [-0.39, 0.29) is 11.9 Å². The Morgan fingerprint density at radius 3 is 2.72 bits per heavy atom. The first kappa shape index (κ1) is 15.1. The maximum Gasteiger partial charge on any atom is 0.127 e. The number of nitrogens with one attached hydrogen (secondary N) is 1. The Labute approximate surface area is 110 Å². The van der Waals surface area contributed by atoms with Gasteiger partial charge in [-0.2, -0.15) is 0 Å². The highest BCUT2D eigenvalue weighted by Crippen LogP contribution is 2.21. The number of hydrogen-bond acceptors (Lipinski definition) is 2. The standard InChI is InChI=1S/C15H24FNO/c1-3-11-17-15(10-7-12-18-4-2)13-8-5-6-9-14(13)16/h5-6,8-9,15,17H,3-4,7,10-12H2,1-2H3. The van der Waals surface area contributed by atoms with Crippen molar-refractivity contribution in [1.29, 1.82) is 0 Å². The zero-order valence-corrected chi connectivity index (χ0v) is 11.4. The second kappa shape index (κ2) is 9.06. The highest BCUT2D eigenvalue weighted by molar-refractivity contribution is 5.21. The van der Waals surface area contributed by atoms with Crippen LogP contribution in [-0.2, 0) is 4.74 Å². The van der Waals surface area contributed by atoms with Crippen molar-refractivity contribution in [3.63, 3.8) is 0 Å². The van der Waals surface area contributed by atoms with Crippen molar-refractivity contribution in [3.05, 3.63) is 35.6 Å². The summed E-state index contributed by atoms with van der Waals surface area (Å²) in [5, 5.41) is 3.41. The van der Waals surface area contributed by atoms with Crippen LogP contribution in [0.15, 0.2) is 24.3 Å². The van der Waals surface area contributed by atoms with Gasteiger partial charge in [0.05, 0.1) is 0 Å². The number of rotatable bonds is 9. The first-order chi connectivity index (χ1) is 8.79. The first-order valence-electron chi connectivity index (χ1n) is 6.85. The molecule has 0 heterocycles. The summed E-state index contributed by atoms with van der Waals surface area (Å²) in [7, 11) is 0. The van der Waals surface area contributed by atoms with E-state index in [1.807, 2.05) is 19.1 Å². The van der Waals surface area contributed by atoms with Crippen LogP contribution in [-0.4, -0.2) is 19.8 Å². The van der Waals surface area contributed by atoms with Gasteiger partial charge >= 0.3 is 0 Å².